The normalized spacial score (nSPS) is 15.4. The van der Waals surface area contributed by atoms with E-state index < -0.39 is 11.7 Å². The summed E-state index contributed by atoms with van der Waals surface area (Å²) in [5, 5.41) is 12.2. The van der Waals surface area contributed by atoms with E-state index >= 15 is 0 Å². The fourth-order valence-electron chi connectivity index (χ4n) is 2.79. The van der Waals surface area contributed by atoms with E-state index in [1.807, 2.05) is 18.2 Å². The lowest BCUT2D eigenvalue weighted by molar-refractivity contribution is -0.115. The van der Waals surface area contributed by atoms with Gasteiger partial charge in [0, 0.05) is 11.4 Å². The number of hydrogen-bond donors (Lipinski definition) is 1. The van der Waals surface area contributed by atoms with Gasteiger partial charge in [0.15, 0.2) is 0 Å². The highest BCUT2D eigenvalue weighted by atomic mass is 35.5. The molecule has 3 rings (SSSR count). The largest absolute Gasteiger partial charge is 0.321 e. The number of rotatable bonds is 4. The first-order valence-corrected chi connectivity index (χ1v) is 10.1. The van der Waals surface area contributed by atoms with Crippen molar-refractivity contribution in [2.75, 3.05) is 16.0 Å². The van der Waals surface area contributed by atoms with Crippen LogP contribution in [0.5, 0.6) is 0 Å². The topological polar surface area (TPSA) is 73.2 Å². The Morgan fingerprint density at radius 2 is 1.97 bits per heavy atom. The van der Waals surface area contributed by atoms with Crippen LogP contribution in [-0.4, -0.2) is 17.6 Å². The Labute approximate surface area is 177 Å². The number of carbonyl (C=O) groups excluding carboxylic acids is 2. The van der Waals surface area contributed by atoms with Gasteiger partial charge in [-0.2, -0.15) is 5.26 Å². The van der Waals surface area contributed by atoms with Gasteiger partial charge in [-0.1, -0.05) is 49.3 Å². The van der Waals surface area contributed by atoms with E-state index in [0.717, 1.165) is 23.4 Å². The Morgan fingerprint density at radius 1 is 1.28 bits per heavy atom. The molecule has 0 radical (unpaired) electrons. The molecule has 2 aromatic carbocycles. The minimum atomic E-state index is -0.698. The lowest BCUT2D eigenvalue weighted by atomic mass is 10.0. The van der Waals surface area contributed by atoms with Gasteiger partial charge in [0.1, 0.15) is 22.5 Å². The Morgan fingerprint density at radius 3 is 2.55 bits per heavy atom. The molecule has 1 aliphatic rings. The van der Waals surface area contributed by atoms with E-state index in [0.29, 0.717) is 11.6 Å². The number of nitrogens with one attached hydrogen (secondary N) is 1. The summed E-state index contributed by atoms with van der Waals surface area (Å²) in [5.74, 6) is -1.06. The minimum Gasteiger partial charge on any atom is -0.321 e. The van der Waals surface area contributed by atoms with Crippen molar-refractivity contribution in [3.63, 3.8) is 0 Å². The molecule has 1 aliphatic heterocycles. The summed E-state index contributed by atoms with van der Waals surface area (Å²) in [6.45, 7) is 4.13. The van der Waals surface area contributed by atoms with Crippen molar-refractivity contribution in [3.05, 3.63) is 69.5 Å². The molecule has 0 bridgehead atoms. The zero-order valence-electron chi connectivity index (χ0n) is 15.7. The van der Waals surface area contributed by atoms with Crippen LogP contribution in [0.2, 0.25) is 5.02 Å². The zero-order chi connectivity index (χ0) is 21.1. The highest BCUT2D eigenvalue weighted by Crippen LogP contribution is 2.36. The van der Waals surface area contributed by atoms with Gasteiger partial charge < -0.3 is 5.32 Å². The number of carbonyl (C=O) groups is 2. The zero-order valence-corrected chi connectivity index (χ0v) is 17.3. The molecule has 5 nitrogen and oxygen atoms in total. The van der Waals surface area contributed by atoms with Crippen LogP contribution < -0.4 is 10.2 Å². The molecule has 0 saturated carbocycles. The molecule has 1 N–H and O–H groups in total. The molecule has 0 atom stereocenters. The van der Waals surface area contributed by atoms with Crippen LogP contribution in [0.4, 0.5) is 15.8 Å². The van der Waals surface area contributed by atoms with Crippen molar-refractivity contribution in [3.8, 4) is 6.07 Å². The van der Waals surface area contributed by atoms with E-state index in [9.17, 15) is 19.2 Å². The van der Waals surface area contributed by atoms with E-state index in [1.54, 1.807) is 12.1 Å². The van der Waals surface area contributed by atoms with Crippen molar-refractivity contribution in [1.82, 2.24) is 0 Å². The van der Waals surface area contributed by atoms with Gasteiger partial charge in [-0.15, -0.1) is 0 Å². The Bertz CT molecular complexity index is 1040. The van der Waals surface area contributed by atoms with E-state index in [2.05, 4.69) is 19.2 Å². The number of thioether (sulfide) groups is 1. The maximum absolute atomic E-state index is 13.3. The van der Waals surface area contributed by atoms with Crippen molar-refractivity contribution in [2.24, 2.45) is 0 Å². The predicted molar refractivity (Wildman–Crippen MR) is 113 cm³/mol. The lowest BCUT2D eigenvalue weighted by Gasteiger charge is -2.19. The second-order valence-electron chi connectivity index (χ2n) is 6.64. The van der Waals surface area contributed by atoms with Crippen LogP contribution in [0, 0.1) is 17.1 Å². The SMILES string of the molecule is CC(C)c1ccc(N2C(=O)CS/C2=C(/C#N)C(=O)Nc2ccc(F)c(Cl)c2)cc1. The number of halogens is 2. The van der Waals surface area contributed by atoms with Gasteiger partial charge in [0.05, 0.1) is 10.8 Å². The molecule has 1 heterocycles. The first-order chi connectivity index (χ1) is 13.8. The standard InChI is InChI=1S/C21H17ClFN3O2S/c1-12(2)13-3-6-15(7-4-13)26-19(27)11-29-21(26)16(10-24)20(28)25-14-5-8-18(23)17(22)9-14/h3-9,12H,11H2,1-2H3,(H,25,28)/b21-16-. The molecule has 1 saturated heterocycles. The third-order valence-corrected chi connectivity index (χ3v) is 5.67. The Hall–Kier alpha value is -2.82. The van der Waals surface area contributed by atoms with Crippen molar-refractivity contribution in [1.29, 1.82) is 5.26 Å². The summed E-state index contributed by atoms with van der Waals surface area (Å²) >= 11 is 6.86. The fourth-order valence-corrected chi connectivity index (χ4v) is 3.98. The molecule has 2 amide bonds. The van der Waals surface area contributed by atoms with Crippen molar-refractivity contribution >= 4 is 46.6 Å². The molecule has 0 spiro atoms. The smallest absolute Gasteiger partial charge is 0.269 e. The molecule has 0 aliphatic carbocycles. The molecule has 148 valence electrons. The summed E-state index contributed by atoms with van der Waals surface area (Å²) in [5.41, 5.74) is 1.75. The average molecular weight is 430 g/mol. The average Bonchev–Trinajstić information content (AvgIpc) is 3.06. The number of amides is 2. The molecule has 29 heavy (non-hydrogen) atoms. The highest BCUT2D eigenvalue weighted by Gasteiger charge is 2.33. The van der Waals surface area contributed by atoms with Gasteiger partial charge in [-0.3, -0.25) is 14.5 Å². The van der Waals surface area contributed by atoms with Gasteiger partial charge in [-0.25, -0.2) is 4.39 Å². The van der Waals surface area contributed by atoms with Gasteiger partial charge >= 0.3 is 0 Å². The number of benzene rings is 2. The Kier molecular flexibility index (Phi) is 6.26. The summed E-state index contributed by atoms with van der Waals surface area (Å²) < 4.78 is 13.3. The molecule has 8 heteroatoms. The maximum atomic E-state index is 13.3. The number of nitrogens with zero attached hydrogens (tertiary/aromatic N) is 2. The molecule has 0 aromatic heterocycles. The number of hydrogen-bond acceptors (Lipinski definition) is 4. The fraction of sp³-hybridized carbons (Fsp3) is 0.190. The van der Waals surface area contributed by atoms with Gasteiger partial charge in [-0.05, 0) is 41.8 Å². The molecule has 1 fully saturated rings. The van der Waals surface area contributed by atoms with Crippen LogP contribution >= 0.6 is 23.4 Å². The highest BCUT2D eigenvalue weighted by molar-refractivity contribution is 8.04. The van der Waals surface area contributed by atoms with Crippen molar-refractivity contribution < 1.29 is 14.0 Å². The summed E-state index contributed by atoms with van der Waals surface area (Å²) in [7, 11) is 0. The van der Waals surface area contributed by atoms with E-state index in [4.69, 9.17) is 11.6 Å². The van der Waals surface area contributed by atoms with Crippen LogP contribution in [0.3, 0.4) is 0 Å². The first-order valence-electron chi connectivity index (χ1n) is 8.78. The van der Waals surface area contributed by atoms with Crippen molar-refractivity contribution in [2.45, 2.75) is 19.8 Å². The first kappa shape index (κ1) is 20.9. The summed E-state index contributed by atoms with van der Waals surface area (Å²) in [6.07, 6.45) is 0. The second-order valence-corrected chi connectivity index (χ2v) is 8.01. The van der Waals surface area contributed by atoms with Crippen LogP contribution in [0.15, 0.2) is 53.1 Å². The molecule has 2 aromatic rings. The monoisotopic (exact) mass is 429 g/mol. The summed E-state index contributed by atoms with van der Waals surface area (Å²) in [4.78, 5) is 26.5. The molecular weight excluding hydrogens is 413 g/mol. The quantitative estimate of drug-likeness (QED) is 0.544. The molecular formula is C21H17ClFN3O2S. The van der Waals surface area contributed by atoms with Crippen LogP contribution in [-0.2, 0) is 9.59 Å². The predicted octanol–water partition coefficient (Wildman–Crippen LogP) is 5.06. The van der Waals surface area contributed by atoms with Gasteiger partial charge in [0.25, 0.3) is 5.91 Å². The maximum Gasteiger partial charge on any atom is 0.269 e. The Balaban J connectivity index is 1.94. The van der Waals surface area contributed by atoms with E-state index in [1.165, 1.54) is 17.0 Å². The molecule has 0 unspecified atom stereocenters. The third kappa shape index (κ3) is 4.44. The van der Waals surface area contributed by atoms with E-state index in [-0.39, 0.29) is 33.0 Å². The lowest BCUT2D eigenvalue weighted by Crippen LogP contribution is -2.27. The summed E-state index contributed by atoms with van der Waals surface area (Å²) in [6, 6.07) is 13.0. The van der Waals surface area contributed by atoms with Crippen LogP contribution in [0.1, 0.15) is 25.3 Å². The minimum absolute atomic E-state index is 0.127. The second kappa shape index (κ2) is 8.68. The number of anilines is 2. The van der Waals surface area contributed by atoms with Crippen LogP contribution in [0.25, 0.3) is 0 Å². The van der Waals surface area contributed by atoms with Gasteiger partial charge in [0.2, 0.25) is 5.91 Å². The third-order valence-electron chi connectivity index (χ3n) is 4.33. The number of nitriles is 1.